The number of likely N-dealkylation sites (N-methyl/N-ethyl adjacent to an activating group) is 1. The normalized spacial score (nSPS) is 12.3. The molecule has 0 amide bonds. The summed E-state index contributed by atoms with van der Waals surface area (Å²) < 4.78 is 0. The van der Waals surface area contributed by atoms with E-state index in [-0.39, 0.29) is 0 Å². The van der Waals surface area contributed by atoms with E-state index < -0.39 is 0 Å². The number of nitrogens with two attached hydrogens (primary N) is 4. The predicted molar refractivity (Wildman–Crippen MR) is 156 cm³/mol. The van der Waals surface area contributed by atoms with Crippen molar-refractivity contribution >= 4 is 0 Å². The number of rotatable bonds is 28. The van der Waals surface area contributed by atoms with Gasteiger partial charge >= 0.3 is 0 Å². The van der Waals surface area contributed by atoms with Crippen molar-refractivity contribution in [1.29, 1.82) is 0 Å². The molecule has 0 aromatic rings. The van der Waals surface area contributed by atoms with Crippen LogP contribution in [0.4, 0.5) is 0 Å². The van der Waals surface area contributed by atoms with E-state index in [2.05, 4.69) is 49.4 Å². The maximum absolute atomic E-state index is 5.99. The van der Waals surface area contributed by atoms with Crippen molar-refractivity contribution in [2.45, 2.75) is 13.8 Å². The van der Waals surface area contributed by atoms with Crippen LogP contribution >= 0.6 is 0 Å². The Labute approximate surface area is 223 Å². The molecule has 218 valence electrons. The molecule has 0 saturated heterocycles. The first-order chi connectivity index (χ1) is 17.5. The highest BCUT2D eigenvalue weighted by atomic mass is 15.2. The molecule has 0 unspecified atom stereocenters. The van der Waals surface area contributed by atoms with Crippen molar-refractivity contribution in [2.75, 3.05) is 144 Å². The Balaban J connectivity index is 4.84. The summed E-state index contributed by atoms with van der Waals surface area (Å²) >= 11 is 0. The van der Waals surface area contributed by atoms with Gasteiger partial charge in [0.15, 0.2) is 0 Å². The summed E-state index contributed by atoms with van der Waals surface area (Å²) in [7, 11) is 2.01. The summed E-state index contributed by atoms with van der Waals surface area (Å²) in [5.41, 5.74) is 23.2. The second kappa shape index (κ2) is 26.2. The van der Waals surface area contributed by atoms with Gasteiger partial charge in [-0.05, 0) is 19.5 Å². The molecule has 11 N–H and O–H groups in total. The van der Waals surface area contributed by atoms with Gasteiger partial charge in [-0.25, -0.2) is 0 Å². The van der Waals surface area contributed by atoms with Crippen LogP contribution in [0, 0.1) is 5.92 Å². The van der Waals surface area contributed by atoms with Gasteiger partial charge in [0, 0.05) is 131 Å². The zero-order chi connectivity index (χ0) is 26.9. The minimum Gasteiger partial charge on any atom is -0.329 e. The Kier molecular flexibility index (Phi) is 25.9. The maximum atomic E-state index is 5.99. The van der Waals surface area contributed by atoms with Crippen molar-refractivity contribution in [3.63, 3.8) is 0 Å². The fourth-order valence-corrected chi connectivity index (χ4v) is 4.10. The molecule has 0 bridgehead atoms. The fourth-order valence-electron chi connectivity index (χ4n) is 4.10. The van der Waals surface area contributed by atoms with E-state index in [9.17, 15) is 0 Å². The molecule has 36 heavy (non-hydrogen) atoms. The van der Waals surface area contributed by atoms with Crippen molar-refractivity contribution in [1.82, 2.24) is 35.6 Å². The molecular weight excluding hydrogens is 454 g/mol. The van der Waals surface area contributed by atoms with E-state index in [1.54, 1.807) is 0 Å². The Morgan fingerprint density at radius 1 is 0.472 bits per heavy atom. The second-order valence-corrected chi connectivity index (χ2v) is 9.97. The third kappa shape index (κ3) is 21.6. The smallest absolute Gasteiger partial charge is 0.0110 e. The lowest BCUT2D eigenvalue weighted by atomic mass is 10.2. The molecule has 0 saturated carbocycles. The van der Waals surface area contributed by atoms with Crippen LogP contribution in [0.3, 0.4) is 0 Å². The van der Waals surface area contributed by atoms with Gasteiger partial charge in [-0.1, -0.05) is 13.8 Å². The maximum Gasteiger partial charge on any atom is 0.0110 e. The SMILES string of the molecule is CNCCN(CCNCCN)CCN(CCN)CCN(CCNCC(C)C)CCN(CCN)CCN. The van der Waals surface area contributed by atoms with Crippen molar-refractivity contribution in [3.8, 4) is 0 Å². The van der Waals surface area contributed by atoms with Crippen LogP contribution in [0.1, 0.15) is 13.8 Å². The summed E-state index contributed by atoms with van der Waals surface area (Å²) in [5.74, 6) is 0.666. The van der Waals surface area contributed by atoms with E-state index in [4.69, 9.17) is 22.9 Å². The fraction of sp³-hybridized carbons (Fsp3) is 1.00. The largest absolute Gasteiger partial charge is 0.329 e. The van der Waals surface area contributed by atoms with E-state index in [1.807, 2.05) is 7.05 Å². The highest BCUT2D eigenvalue weighted by molar-refractivity contribution is 4.71. The first kappa shape index (κ1) is 35.6. The molecule has 0 rings (SSSR count). The molecule has 0 atom stereocenters. The van der Waals surface area contributed by atoms with Crippen LogP contribution in [0.25, 0.3) is 0 Å². The molecule has 0 aromatic carbocycles. The number of hydrogen-bond donors (Lipinski definition) is 7. The third-order valence-corrected chi connectivity index (χ3v) is 6.29. The van der Waals surface area contributed by atoms with Gasteiger partial charge in [0.05, 0.1) is 0 Å². The van der Waals surface area contributed by atoms with E-state index in [0.717, 1.165) is 111 Å². The number of nitrogens with zero attached hydrogens (tertiary/aromatic N) is 4. The standard InChI is InChI=1S/C25H63N11/c1-25(2)24-32-11-17-36(22-18-33(12-5-27)13-6-28)23-20-34(14-7-29)19-21-35(15-9-30-3)16-10-31-8-4-26/h25,30-32H,4-24,26-29H2,1-3H3. The third-order valence-electron chi connectivity index (χ3n) is 6.29. The Morgan fingerprint density at radius 2 is 0.861 bits per heavy atom. The molecule has 0 spiro atoms. The monoisotopic (exact) mass is 518 g/mol. The molecule has 0 fully saturated rings. The summed E-state index contributed by atoms with van der Waals surface area (Å²) in [6, 6.07) is 0. The quantitative estimate of drug-likeness (QED) is 0.0534. The summed E-state index contributed by atoms with van der Waals surface area (Å²) in [6.07, 6.45) is 0. The first-order valence-electron chi connectivity index (χ1n) is 14.3. The summed E-state index contributed by atoms with van der Waals surface area (Å²) in [4.78, 5) is 10.00. The second-order valence-electron chi connectivity index (χ2n) is 9.97. The minimum atomic E-state index is 0.666. The molecule has 0 radical (unpaired) electrons. The lowest BCUT2D eigenvalue weighted by Crippen LogP contribution is -2.46. The molecule has 0 aliphatic carbocycles. The van der Waals surface area contributed by atoms with Gasteiger partial charge in [0.2, 0.25) is 0 Å². The summed E-state index contributed by atoms with van der Waals surface area (Å²) in [6.45, 7) is 24.1. The predicted octanol–water partition coefficient (Wildman–Crippen LogP) is -2.92. The van der Waals surface area contributed by atoms with Crippen LogP contribution in [-0.2, 0) is 0 Å². The van der Waals surface area contributed by atoms with Gasteiger partial charge < -0.3 is 38.9 Å². The average molecular weight is 518 g/mol. The van der Waals surface area contributed by atoms with Crippen LogP contribution < -0.4 is 38.9 Å². The van der Waals surface area contributed by atoms with Gasteiger partial charge in [-0.3, -0.25) is 19.6 Å². The van der Waals surface area contributed by atoms with E-state index >= 15 is 0 Å². The van der Waals surface area contributed by atoms with E-state index in [1.165, 1.54) is 0 Å². The molecule has 0 aliphatic heterocycles. The molecular formula is C25H63N11. The van der Waals surface area contributed by atoms with Crippen LogP contribution in [0.5, 0.6) is 0 Å². The van der Waals surface area contributed by atoms with Gasteiger partial charge in [0.25, 0.3) is 0 Å². The highest BCUT2D eigenvalue weighted by Gasteiger charge is 2.13. The summed E-state index contributed by atoms with van der Waals surface area (Å²) in [5, 5.41) is 10.3. The Morgan fingerprint density at radius 3 is 1.28 bits per heavy atom. The number of nitrogens with one attached hydrogen (secondary N) is 3. The molecule has 0 aromatic heterocycles. The lowest BCUT2D eigenvalue weighted by molar-refractivity contribution is 0.164. The van der Waals surface area contributed by atoms with Gasteiger partial charge in [-0.15, -0.1) is 0 Å². The van der Waals surface area contributed by atoms with Crippen LogP contribution in [0.2, 0.25) is 0 Å². The molecule has 0 aliphatic rings. The Bertz CT molecular complexity index is 436. The topological polar surface area (TPSA) is 153 Å². The van der Waals surface area contributed by atoms with Crippen molar-refractivity contribution in [3.05, 3.63) is 0 Å². The zero-order valence-electron chi connectivity index (χ0n) is 24.0. The zero-order valence-corrected chi connectivity index (χ0v) is 24.0. The van der Waals surface area contributed by atoms with E-state index in [0.29, 0.717) is 32.1 Å². The van der Waals surface area contributed by atoms with Crippen molar-refractivity contribution < 1.29 is 0 Å². The van der Waals surface area contributed by atoms with Gasteiger partial charge in [-0.2, -0.15) is 0 Å². The Hall–Kier alpha value is -0.440. The minimum absolute atomic E-state index is 0.666. The molecule has 11 nitrogen and oxygen atoms in total. The first-order valence-corrected chi connectivity index (χ1v) is 14.3. The van der Waals surface area contributed by atoms with Crippen LogP contribution in [-0.4, -0.2) is 164 Å². The highest BCUT2D eigenvalue weighted by Crippen LogP contribution is 1.98. The number of hydrogen-bond acceptors (Lipinski definition) is 11. The van der Waals surface area contributed by atoms with Crippen molar-refractivity contribution in [2.24, 2.45) is 28.9 Å². The van der Waals surface area contributed by atoms with Crippen LogP contribution in [0.15, 0.2) is 0 Å². The lowest BCUT2D eigenvalue weighted by Gasteiger charge is -2.31. The average Bonchev–Trinajstić information content (AvgIpc) is 2.86. The van der Waals surface area contributed by atoms with Gasteiger partial charge in [0.1, 0.15) is 0 Å². The molecule has 0 heterocycles. The molecule has 11 heteroatoms.